The third-order valence-corrected chi connectivity index (χ3v) is 2.50. The van der Waals surface area contributed by atoms with Crippen LogP contribution in [0.4, 0.5) is 0 Å². The van der Waals surface area contributed by atoms with Gasteiger partial charge in [-0.3, -0.25) is 4.79 Å². The lowest BCUT2D eigenvalue weighted by atomic mass is 10.4. The van der Waals surface area contributed by atoms with E-state index in [1.807, 2.05) is 31.2 Å². The zero-order chi connectivity index (χ0) is 9.68. The van der Waals surface area contributed by atoms with E-state index in [0.29, 0.717) is 0 Å². The minimum absolute atomic E-state index is 0.0504. The second-order valence-electron chi connectivity index (χ2n) is 2.41. The largest absolute Gasteiger partial charge is 0.282 e. The summed E-state index contributed by atoms with van der Waals surface area (Å²) in [7, 11) is 0. The summed E-state index contributed by atoms with van der Waals surface area (Å²) in [6.45, 7) is 1.83. The van der Waals surface area contributed by atoms with Gasteiger partial charge in [-0.15, -0.1) is 12.6 Å². The molecule has 0 fully saturated rings. The van der Waals surface area contributed by atoms with Gasteiger partial charge in [0.2, 0.25) is 5.12 Å². The zero-order valence-electron chi connectivity index (χ0n) is 7.23. The van der Waals surface area contributed by atoms with Crippen molar-refractivity contribution in [2.24, 2.45) is 0 Å². The summed E-state index contributed by atoms with van der Waals surface area (Å²) in [5.74, 6) is 0. The number of thiol groups is 1. The first-order valence-electron chi connectivity index (χ1n) is 3.86. The fourth-order valence-corrected chi connectivity index (χ4v) is 1.66. The molecule has 0 atom stereocenters. The molecule has 0 aromatic heterocycles. The van der Waals surface area contributed by atoms with Crippen LogP contribution in [0.1, 0.15) is 6.92 Å². The molecule has 0 saturated carbocycles. The highest BCUT2D eigenvalue weighted by atomic mass is 32.2. The second-order valence-corrected chi connectivity index (χ2v) is 4.01. The van der Waals surface area contributed by atoms with Gasteiger partial charge in [-0.2, -0.15) is 0 Å². The van der Waals surface area contributed by atoms with E-state index in [-0.39, 0.29) is 5.12 Å². The highest BCUT2D eigenvalue weighted by Crippen LogP contribution is 2.20. The number of rotatable bonds is 2. The van der Waals surface area contributed by atoms with Gasteiger partial charge in [0.05, 0.1) is 0 Å². The number of hydrogen-bond donors (Lipinski definition) is 1. The Balaban J connectivity index is 2.64. The van der Waals surface area contributed by atoms with Crippen LogP contribution in [0.2, 0.25) is 0 Å². The first-order valence-corrected chi connectivity index (χ1v) is 5.12. The van der Waals surface area contributed by atoms with E-state index in [4.69, 9.17) is 0 Å². The van der Waals surface area contributed by atoms with Crippen molar-refractivity contribution in [3.63, 3.8) is 0 Å². The molecule has 0 amide bonds. The van der Waals surface area contributed by atoms with E-state index in [0.717, 1.165) is 9.79 Å². The number of hydrogen-bond acceptors (Lipinski definition) is 3. The molecular formula is C10H10OS2. The predicted molar refractivity (Wildman–Crippen MR) is 59.4 cm³/mol. The molecule has 0 bridgehead atoms. The van der Waals surface area contributed by atoms with E-state index in [1.165, 1.54) is 11.8 Å². The van der Waals surface area contributed by atoms with Crippen LogP contribution in [-0.4, -0.2) is 5.12 Å². The van der Waals surface area contributed by atoms with E-state index in [9.17, 15) is 4.79 Å². The van der Waals surface area contributed by atoms with Gasteiger partial charge in [-0.25, -0.2) is 0 Å². The fraction of sp³-hybridized carbons (Fsp3) is 0.100. The van der Waals surface area contributed by atoms with Crippen LogP contribution >= 0.6 is 24.4 Å². The van der Waals surface area contributed by atoms with E-state index in [2.05, 4.69) is 12.6 Å². The maximum absolute atomic E-state index is 11.2. The monoisotopic (exact) mass is 210 g/mol. The molecule has 68 valence electrons. The van der Waals surface area contributed by atoms with Gasteiger partial charge in [0.15, 0.2) is 0 Å². The molecule has 0 saturated heterocycles. The van der Waals surface area contributed by atoms with Crippen LogP contribution in [0.15, 0.2) is 46.2 Å². The van der Waals surface area contributed by atoms with Crippen molar-refractivity contribution in [3.05, 3.63) is 36.4 Å². The molecule has 0 aliphatic carbocycles. The Bertz CT molecular complexity index is 314. The van der Waals surface area contributed by atoms with Crippen LogP contribution in [0, 0.1) is 0 Å². The van der Waals surface area contributed by atoms with Crippen molar-refractivity contribution >= 4 is 29.5 Å². The molecule has 0 radical (unpaired) electrons. The van der Waals surface area contributed by atoms with Crippen LogP contribution in [-0.2, 0) is 4.79 Å². The molecule has 0 heterocycles. The Labute approximate surface area is 87.6 Å². The average molecular weight is 210 g/mol. The lowest BCUT2D eigenvalue weighted by Crippen LogP contribution is -1.83. The maximum atomic E-state index is 11.2. The highest BCUT2D eigenvalue weighted by molar-refractivity contribution is 8.14. The summed E-state index contributed by atoms with van der Waals surface area (Å²) in [4.78, 5) is 13.0. The molecule has 3 heteroatoms. The molecule has 0 aliphatic heterocycles. The van der Waals surface area contributed by atoms with Crippen molar-refractivity contribution in [1.82, 2.24) is 0 Å². The topological polar surface area (TPSA) is 17.1 Å². The van der Waals surface area contributed by atoms with Crippen LogP contribution in [0.5, 0.6) is 0 Å². The standard InChI is InChI=1S/C10H10OS2/c1-2-3-10(11)13-9-6-4-8(12)5-7-9/h2-7,12H,1H3. The normalized spacial score (nSPS) is 10.6. The summed E-state index contributed by atoms with van der Waals surface area (Å²) in [5, 5.41) is 0.0504. The number of benzene rings is 1. The van der Waals surface area contributed by atoms with Crippen molar-refractivity contribution in [3.8, 4) is 0 Å². The second kappa shape index (κ2) is 5.14. The van der Waals surface area contributed by atoms with Crippen molar-refractivity contribution in [2.45, 2.75) is 16.7 Å². The number of carbonyl (C=O) groups excluding carboxylic acids is 1. The molecule has 1 aromatic rings. The molecule has 1 aromatic carbocycles. The SMILES string of the molecule is CC=CC(=O)Sc1ccc(S)cc1. The van der Waals surface area contributed by atoms with E-state index < -0.39 is 0 Å². The summed E-state index contributed by atoms with van der Waals surface area (Å²) in [6.07, 6.45) is 3.29. The van der Waals surface area contributed by atoms with E-state index in [1.54, 1.807) is 12.2 Å². The smallest absolute Gasteiger partial charge is 0.216 e. The molecular weight excluding hydrogens is 200 g/mol. The molecule has 0 aliphatic rings. The third kappa shape index (κ3) is 3.70. The fourth-order valence-electron chi connectivity index (χ4n) is 0.800. The third-order valence-electron chi connectivity index (χ3n) is 1.36. The zero-order valence-corrected chi connectivity index (χ0v) is 8.94. The molecule has 1 nitrogen and oxygen atoms in total. The van der Waals surface area contributed by atoms with Crippen LogP contribution in [0.25, 0.3) is 0 Å². The van der Waals surface area contributed by atoms with Crippen LogP contribution < -0.4 is 0 Å². The molecule has 0 spiro atoms. The van der Waals surface area contributed by atoms with Gasteiger partial charge in [-0.05, 0) is 49.0 Å². The summed E-state index contributed by atoms with van der Waals surface area (Å²) in [5.41, 5.74) is 0. The first kappa shape index (κ1) is 10.4. The Morgan fingerprint density at radius 2 is 2.00 bits per heavy atom. The van der Waals surface area contributed by atoms with E-state index >= 15 is 0 Å². The summed E-state index contributed by atoms with van der Waals surface area (Å²) >= 11 is 5.37. The van der Waals surface area contributed by atoms with Gasteiger partial charge in [-0.1, -0.05) is 6.08 Å². The van der Waals surface area contributed by atoms with Gasteiger partial charge in [0, 0.05) is 9.79 Å². The van der Waals surface area contributed by atoms with Gasteiger partial charge >= 0.3 is 0 Å². The maximum Gasteiger partial charge on any atom is 0.216 e. The lowest BCUT2D eigenvalue weighted by Gasteiger charge is -1.96. The lowest BCUT2D eigenvalue weighted by molar-refractivity contribution is -0.107. The van der Waals surface area contributed by atoms with Crippen LogP contribution in [0.3, 0.4) is 0 Å². The van der Waals surface area contributed by atoms with Crippen molar-refractivity contribution in [1.29, 1.82) is 0 Å². The van der Waals surface area contributed by atoms with Gasteiger partial charge in [0.25, 0.3) is 0 Å². The van der Waals surface area contributed by atoms with Crippen molar-refractivity contribution < 1.29 is 4.79 Å². The quantitative estimate of drug-likeness (QED) is 0.459. The Morgan fingerprint density at radius 3 is 2.54 bits per heavy atom. The summed E-state index contributed by atoms with van der Waals surface area (Å²) < 4.78 is 0. The van der Waals surface area contributed by atoms with Gasteiger partial charge in [0.1, 0.15) is 0 Å². The Kier molecular flexibility index (Phi) is 4.12. The number of thioether (sulfide) groups is 1. The predicted octanol–water partition coefficient (Wildman–Crippen LogP) is 3.17. The number of allylic oxidation sites excluding steroid dienone is 1. The first-order chi connectivity index (χ1) is 6.22. The Morgan fingerprint density at radius 1 is 1.38 bits per heavy atom. The summed E-state index contributed by atoms with van der Waals surface area (Å²) in [6, 6.07) is 7.51. The molecule has 13 heavy (non-hydrogen) atoms. The van der Waals surface area contributed by atoms with Crippen molar-refractivity contribution in [2.75, 3.05) is 0 Å². The van der Waals surface area contributed by atoms with Gasteiger partial charge < -0.3 is 0 Å². The minimum atomic E-state index is 0.0504. The molecule has 0 unspecified atom stereocenters. The number of carbonyl (C=O) groups is 1. The molecule has 0 N–H and O–H groups in total. The Hall–Kier alpha value is -0.670. The highest BCUT2D eigenvalue weighted by Gasteiger charge is 1.99. The minimum Gasteiger partial charge on any atom is -0.282 e. The average Bonchev–Trinajstić information content (AvgIpc) is 2.09. The molecule has 1 rings (SSSR count).